The molecule has 46 valence electrons. The van der Waals surface area contributed by atoms with E-state index in [-0.39, 0.29) is 0 Å². The molecule has 0 nitrogen and oxygen atoms in total. The van der Waals surface area contributed by atoms with Crippen molar-refractivity contribution in [2.45, 2.75) is 39.9 Å². The topological polar surface area (TPSA) is 0 Å². The molecule has 0 aromatic heterocycles. The summed E-state index contributed by atoms with van der Waals surface area (Å²) in [5.41, 5.74) is 0.403. The Balaban J connectivity index is 3.58. The highest BCUT2D eigenvalue weighted by Crippen LogP contribution is 2.28. The van der Waals surface area contributed by atoms with E-state index in [1.807, 2.05) is 0 Å². The average Bonchev–Trinajstić information content (AvgIpc) is 1.87. The summed E-state index contributed by atoms with van der Waals surface area (Å²) in [6, 6.07) is 0. The SMILES string of the molecule is [B]CC(C)(CC)CC. The second-order valence-electron chi connectivity index (χ2n) is 2.72. The van der Waals surface area contributed by atoms with E-state index in [1.165, 1.54) is 12.8 Å². The minimum Gasteiger partial charge on any atom is -0.0834 e. The number of hydrogen-bond acceptors (Lipinski definition) is 0. The van der Waals surface area contributed by atoms with Gasteiger partial charge in [-0.2, -0.15) is 0 Å². The largest absolute Gasteiger partial charge is 0.0834 e. The van der Waals surface area contributed by atoms with Gasteiger partial charge in [-0.05, 0) is 5.41 Å². The van der Waals surface area contributed by atoms with Gasteiger partial charge in [-0.1, -0.05) is 39.9 Å². The summed E-state index contributed by atoms with van der Waals surface area (Å²) >= 11 is 0. The molecule has 0 bridgehead atoms. The monoisotopic (exact) mass is 110 g/mol. The molecule has 0 fully saturated rings. The van der Waals surface area contributed by atoms with E-state index >= 15 is 0 Å². The molecule has 8 heavy (non-hydrogen) atoms. The second kappa shape index (κ2) is 3.16. The Morgan fingerprint density at radius 1 is 1.25 bits per heavy atom. The van der Waals surface area contributed by atoms with Crippen LogP contribution in [-0.4, -0.2) is 7.85 Å². The molecule has 0 aliphatic rings. The van der Waals surface area contributed by atoms with Crippen LogP contribution in [-0.2, 0) is 0 Å². The van der Waals surface area contributed by atoms with Gasteiger partial charge in [0.15, 0.2) is 0 Å². The van der Waals surface area contributed by atoms with Gasteiger partial charge >= 0.3 is 0 Å². The van der Waals surface area contributed by atoms with Crippen molar-refractivity contribution >= 4 is 7.85 Å². The number of rotatable bonds is 3. The van der Waals surface area contributed by atoms with Crippen LogP contribution >= 0.6 is 0 Å². The maximum atomic E-state index is 5.53. The molecule has 0 aromatic carbocycles. The zero-order chi connectivity index (χ0) is 6.62. The highest BCUT2D eigenvalue weighted by atomic mass is 14.2. The van der Waals surface area contributed by atoms with Crippen molar-refractivity contribution < 1.29 is 0 Å². The van der Waals surface area contributed by atoms with Crippen LogP contribution in [0.2, 0.25) is 6.32 Å². The third kappa shape index (κ3) is 1.89. The summed E-state index contributed by atoms with van der Waals surface area (Å²) in [6.07, 6.45) is 3.21. The summed E-state index contributed by atoms with van der Waals surface area (Å²) in [6.45, 7) is 6.61. The van der Waals surface area contributed by atoms with Gasteiger partial charge in [0.1, 0.15) is 0 Å². The van der Waals surface area contributed by atoms with Crippen LogP contribution in [0.25, 0.3) is 0 Å². The predicted molar refractivity (Wildman–Crippen MR) is 39.2 cm³/mol. The summed E-state index contributed by atoms with van der Waals surface area (Å²) in [7, 11) is 5.53. The second-order valence-corrected chi connectivity index (χ2v) is 2.72. The lowest BCUT2D eigenvalue weighted by Crippen LogP contribution is -2.11. The Hall–Kier alpha value is 0.0649. The predicted octanol–water partition coefficient (Wildman–Crippen LogP) is 2.40. The summed E-state index contributed by atoms with van der Waals surface area (Å²) < 4.78 is 0. The van der Waals surface area contributed by atoms with Gasteiger partial charge in [0.25, 0.3) is 0 Å². The van der Waals surface area contributed by atoms with Gasteiger partial charge < -0.3 is 0 Å². The van der Waals surface area contributed by atoms with E-state index in [1.54, 1.807) is 0 Å². The molecule has 0 saturated heterocycles. The molecule has 1 heteroatoms. The Bertz CT molecular complexity index is 47.1. The van der Waals surface area contributed by atoms with E-state index < -0.39 is 0 Å². The first-order valence-corrected chi connectivity index (χ1v) is 3.38. The first-order chi connectivity index (χ1) is 3.68. The van der Waals surface area contributed by atoms with Crippen LogP contribution in [0.4, 0.5) is 0 Å². The normalized spacial score (nSPS) is 11.9. The van der Waals surface area contributed by atoms with Crippen LogP contribution in [0.1, 0.15) is 33.6 Å². The molecular formula is C7H15B. The van der Waals surface area contributed by atoms with Crippen LogP contribution in [0.3, 0.4) is 0 Å². The van der Waals surface area contributed by atoms with Gasteiger partial charge in [0, 0.05) is 0 Å². The third-order valence-electron chi connectivity index (χ3n) is 2.20. The lowest BCUT2D eigenvalue weighted by molar-refractivity contribution is 0.338. The van der Waals surface area contributed by atoms with E-state index in [4.69, 9.17) is 7.85 Å². The molecule has 0 aliphatic carbocycles. The quantitative estimate of drug-likeness (QED) is 0.489. The van der Waals surface area contributed by atoms with Crippen LogP contribution in [0.5, 0.6) is 0 Å². The summed E-state index contributed by atoms with van der Waals surface area (Å²) in [5, 5.41) is 0. The van der Waals surface area contributed by atoms with Gasteiger partial charge in [-0.15, -0.1) is 0 Å². The minimum atomic E-state index is 0.403. The Kier molecular flexibility index (Phi) is 3.19. The molecule has 0 heterocycles. The van der Waals surface area contributed by atoms with Crippen molar-refractivity contribution in [1.82, 2.24) is 0 Å². The van der Waals surface area contributed by atoms with Crippen LogP contribution < -0.4 is 0 Å². The maximum absolute atomic E-state index is 5.53. The third-order valence-corrected chi connectivity index (χ3v) is 2.20. The van der Waals surface area contributed by atoms with Crippen molar-refractivity contribution in [1.29, 1.82) is 0 Å². The van der Waals surface area contributed by atoms with E-state index in [0.29, 0.717) is 5.41 Å². The summed E-state index contributed by atoms with van der Waals surface area (Å²) in [5.74, 6) is 0. The van der Waals surface area contributed by atoms with Crippen molar-refractivity contribution in [3.63, 3.8) is 0 Å². The highest BCUT2D eigenvalue weighted by Gasteiger charge is 2.14. The average molecular weight is 110 g/mol. The van der Waals surface area contributed by atoms with Crippen molar-refractivity contribution in [2.24, 2.45) is 5.41 Å². The standard InChI is InChI=1S/C7H15B/c1-4-7(3,5-2)6-8/h4-6H2,1-3H3. The van der Waals surface area contributed by atoms with Gasteiger partial charge in [0.05, 0.1) is 7.85 Å². The van der Waals surface area contributed by atoms with Crippen molar-refractivity contribution in [2.75, 3.05) is 0 Å². The van der Waals surface area contributed by atoms with Gasteiger partial charge in [-0.3, -0.25) is 0 Å². The fourth-order valence-corrected chi connectivity index (χ4v) is 0.539. The first-order valence-electron chi connectivity index (χ1n) is 3.38. The molecular weight excluding hydrogens is 94.9 g/mol. The van der Waals surface area contributed by atoms with Gasteiger partial charge in [-0.25, -0.2) is 0 Å². The lowest BCUT2D eigenvalue weighted by Gasteiger charge is -2.24. The first kappa shape index (κ1) is 8.06. The molecule has 0 amide bonds. The van der Waals surface area contributed by atoms with Gasteiger partial charge in [0.2, 0.25) is 0 Å². The molecule has 0 atom stereocenters. The molecule has 0 aromatic rings. The molecule has 2 radical (unpaired) electrons. The van der Waals surface area contributed by atoms with Crippen molar-refractivity contribution in [3.05, 3.63) is 0 Å². The van der Waals surface area contributed by atoms with E-state index in [2.05, 4.69) is 20.8 Å². The molecule has 0 N–H and O–H groups in total. The smallest absolute Gasteiger partial charge is 0.0660 e. The zero-order valence-electron chi connectivity index (χ0n) is 6.20. The maximum Gasteiger partial charge on any atom is 0.0660 e. The summed E-state index contributed by atoms with van der Waals surface area (Å²) in [4.78, 5) is 0. The molecule has 0 rings (SSSR count). The molecule has 0 saturated carbocycles. The van der Waals surface area contributed by atoms with Crippen LogP contribution in [0, 0.1) is 5.41 Å². The fraction of sp³-hybridized carbons (Fsp3) is 1.00. The van der Waals surface area contributed by atoms with E-state index in [0.717, 1.165) is 6.32 Å². The van der Waals surface area contributed by atoms with Crippen molar-refractivity contribution in [3.8, 4) is 0 Å². The zero-order valence-corrected chi connectivity index (χ0v) is 6.20. The lowest BCUT2D eigenvalue weighted by atomic mass is 9.74. The van der Waals surface area contributed by atoms with Crippen LogP contribution in [0.15, 0.2) is 0 Å². The van der Waals surface area contributed by atoms with E-state index in [9.17, 15) is 0 Å². The highest BCUT2D eigenvalue weighted by molar-refractivity contribution is 6.08. The molecule has 0 aliphatic heterocycles. The number of hydrogen-bond donors (Lipinski definition) is 0. The molecule has 0 unspecified atom stereocenters. The molecule has 0 spiro atoms. The Labute approximate surface area is 54.1 Å². The fourth-order valence-electron chi connectivity index (χ4n) is 0.539. The Morgan fingerprint density at radius 3 is 1.62 bits per heavy atom. The Morgan fingerprint density at radius 2 is 1.62 bits per heavy atom. The minimum absolute atomic E-state index is 0.403.